The van der Waals surface area contributed by atoms with E-state index in [0.29, 0.717) is 0 Å². The summed E-state index contributed by atoms with van der Waals surface area (Å²) >= 11 is 0. The second-order valence-electron chi connectivity index (χ2n) is 11.1. The molecule has 0 atom stereocenters. The van der Waals surface area contributed by atoms with Gasteiger partial charge in [0.15, 0.2) is 0 Å². The summed E-state index contributed by atoms with van der Waals surface area (Å²) in [5.74, 6) is -0.0575. The average Bonchev–Trinajstić information content (AvgIpc) is 3.17. The highest BCUT2D eigenvalue weighted by atomic mass is 19.1. The van der Waals surface area contributed by atoms with Gasteiger partial charge in [-0.15, -0.1) is 0 Å². The number of amides is 1. The number of benzene rings is 2. The van der Waals surface area contributed by atoms with Gasteiger partial charge in [-0.25, -0.2) is 4.39 Å². The number of piperazine rings is 2. The Balaban J connectivity index is 1.17. The van der Waals surface area contributed by atoms with Gasteiger partial charge in [0.05, 0.1) is 0 Å². The van der Waals surface area contributed by atoms with Crippen molar-refractivity contribution in [2.75, 3.05) is 72.5 Å². The van der Waals surface area contributed by atoms with Crippen molar-refractivity contribution >= 4 is 16.8 Å². The summed E-state index contributed by atoms with van der Waals surface area (Å²) < 4.78 is 15.9. The first-order valence-electron chi connectivity index (χ1n) is 14.2. The van der Waals surface area contributed by atoms with Crippen LogP contribution in [0.15, 0.2) is 42.5 Å². The quantitative estimate of drug-likeness (QED) is 0.450. The van der Waals surface area contributed by atoms with Crippen LogP contribution >= 0.6 is 0 Å². The van der Waals surface area contributed by atoms with Gasteiger partial charge >= 0.3 is 0 Å². The molecule has 1 amide bonds. The molecule has 0 radical (unpaired) electrons. The third-order valence-corrected chi connectivity index (χ3v) is 8.60. The minimum atomic E-state index is -0.179. The molecule has 0 spiro atoms. The van der Waals surface area contributed by atoms with Gasteiger partial charge in [0.25, 0.3) is 5.91 Å². The Morgan fingerprint density at radius 3 is 2.29 bits per heavy atom. The lowest BCUT2D eigenvalue weighted by Crippen LogP contribution is -2.49. The van der Waals surface area contributed by atoms with Crippen LogP contribution in [0.5, 0.6) is 0 Å². The fourth-order valence-electron chi connectivity index (χ4n) is 5.93. The lowest BCUT2D eigenvalue weighted by atomic mass is 10.1. The Labute approximate surface area is 226 Å². The number of hydrogen-bond acceptors (Lipinski definition) is 4. The van der Waals surface area contributed by atoms with Crippen LogP contribution in [0, 0.1) is 19.7 Å². The van der Waals surface area contributed by atoms with Crippen LogP contribution < -0.4 is 0 Å². The molecule has 3 aromatic rings. The SMILES string of the molecule is Cc1c(C)n(CCCN2CCN(C)CC2)c2ccc(C(=O)N3CCN(CCc4cccc(F)c4)CC3)cc12. The van der Waals surface area contributed by atoms with Crippen LogP contribution in [0.1, 0.15) is 33.6 Å². The zero-order valence-electron chi connectivity index (χ0n) is 23.3. The number of fused-ring (bicyclic) bond motifs is 1. The molecule has 6 nitrogen and oxygen atoms in total. The molecule has 2 aliphatic heterocycles. The van der Waals surface area contributed by atoms with E-state index in [-0.39, 0.29) is 11.7 Å². The zero-order chi connectivity index (χ0) is 26.6. The van der Waals surface area contributed by atoms with Crippen molar-refractivity contribution in [2.45, 2.75) is 33.2 Å². The van der Waals surface area contributed by atoms with Crippen LogP contribution in [-0.4, -0.2) is 103 Å². The van der Waals surface area contributed by atoms with Crippen LogP contribution in [0.3, 0.4) is 0 Å². The van der Waals surface area contributed by atoms with Gasteiger partial charge in [-0.05, 0) is 81.7 Å². The highest BCUT2D eigenvalue weighted by Gasteiger charge is 2.23. The molecule has 38 heavy (non-hydrogen) atoms. The molecule has 2 aliphatic rings. The number of carbonyl (C=O) groups is 1. The van der Waals surface area contributed by atoms with Gasteiger partial charge in [0, 0.05) is 87.6 Å². The van der Waals surface area contributed by atoms with Crippen molar-refractivity contribution < 1.29 is 9.18 Å². The standard InChI is InChI=1S/C31H42FN5O/c1-24-25(2)37(12-5-11-34-16-14-33(3)15-17-34)30-9-8-27(23-29(24)30)31(38)36-20-18-35(19-21-36)13-10-26-6-4-7-28(32)22-26/h4,6-9,22-23H,5,10-21H2,1-3H3. The summed E-state index contributed by atoms with van der Waals surface area (Å²) in [6.45, 7) is 15.2. The predicted molar refractivity (Wildman–Crippen MR) is 152 cm³/mol. The highest BCUT2D eigenvalue weighted by molar-refractivity contribution is 5.99. The largest absolute Gasteiger partial charge is 0.345 e. The van der Waals surface area contributed by atoms with E-state index in [2.05, 4.69) is 52.3 Å². The van der Waals surface area contributed by atoms with Gasteiger partial charge in [-0.2, -0.15) is 0 Å². The van der Waals surface area contributed by atoms with E-state index in [0.717, 1.165) is 96.0 Å². The Morgan fingerprint density at radius 1 is 0.842 bits per heavy atom. The molecular formula is C31H42FN5O. The first-order chi connectivity index (χ1) is 18.4. The minimum Gasteiger partial charge on any atom is -0.345 e. The van der Waals surface area contributed by atoms with Crippen LogP contribution in [0.25, 0.3) is 10.9 Å². The molecule has 7 heteroatoms. The Bertz CT molecular complexity index is 1250. The number of hydrogen-bond donors (Lipinski definition) is 0. The van der Waals surface area contributed by atoms with Crippen molar-refractivity contribution in [2.24, 2.45) is 0 Å². The Morgan fingerprint density at radius 2 is 1.55 bits per heavy atom. The van der Waals surface area contributed by atoms with Crippen molar-refractivity contribution in [3.05, 3.63) is 70.7 Å². The Kier molecular flexibility index (Phi) is 8.46. The fraction of sp³-hybridized carbons (Fsp3) is 0.516. The third kappa shape index (κ3) is 6.11. The summed E-state index contributed by atoms with van der Waals surface area (Å²) in [5.41, 5.74) is 5.61. The van der Waals surface area contributed by atoms with Crippen LogP contribution in [-0.2, 0) is 13.0 Å². The minimum absolute atomic E-state index is 0.122. The molecule has 0 aliphatic carbocycles. The van der Waals surface area contributed by atoms with E-state index >= 15 is 0 Å². The summed E-state index contributed by atoms with van der Waals surface area (Å²) in [5, 5.41) is 1.20. The molecule has 2 aromatic carbocycles. The number of aromatic nitrogens is 1. The summed E-state index contributed by atoms with van der Waals surface area (Å²) in [4.78, 5) is 22.7. The molecule has 5 rings (SSSR count). The average molecular weight is 520 g/mol. The fourth-order valence-corrected chi connectivity index (χ4v) is 5.93. The van der Waals surface area contributed by atoms with Gasteiger partial charge < -0.3 is 19.3 Å². The monoisotopic (exact) mass is 519 g/mol. The van der Waals surface area contributed by atoms with E-state index in [1.807, 2.05) is 17.0 Å². The molecular weight excluding hydrogens is 477 g/mol. The van der Waals surface area contributed by atoms with Crippen molar-refractivity contribution in [1.29, 1.82) is 0 Å². The third-order valence-electron chi connectivity index (χ3n) is 8.60. The maximum atomic E-state index is 13.5. The number of halogens is 1. The summed E-state index contributed by atoms with van der Waals surface area (Å²) in [6, 6.07) is 13.1. The highest BCUT2D eigenvalue weighted by Crippen LogP contribution is 2.27. The smallest absolute Gasteiger partial charge is 0.253 e. The first-order valence-corrected chi connectivity index (χ1v) is 14.2. The van der Waals surface area contributed by atoms with Crippen molar-refractivity contribution in [3.63, 3.8) is 0 Å². The van der Waals surface area contributed by atoms with Crippen LogP contribution in [0.2, 0.25) is 0 Å². The molecule has 204 valence electrons. The molecule has 0 unspecified atom stereocenters. The van der Waals surface area contributed by atoms with E-state index in [4.69, 9.17) is 0 Å². The molecule has 0 bridgehead atoms. The molecule has 0 saturated carbocycles. The first kappa shape index (κ1) is 26.9. The lowest BCUT2D eigenvalue weighted by Gasteiger charge is -2.34. The molecule has 0 N–H and O–H groups in total. The topological polar surface area (TPSA) is 35.0 Å². The molecule has 3 heterocycles. The van der Waals surface area contributed by atoms with E-state index in [9.17, 15) is 9.18 Å². The van der Waals surface area contributed by atoms with Gasteiger partial charge in [-0.3, -0.25) is 9.69 Å². The number of likely N-dealkylation sites (N-methyl/N-ethyl adjacent to an activating group) is 1. The van der Waals surface area contributed by atoms with Gasteiger partial charge in [0.1, 0.15) is 5.82 Å². The van der Waals surface area contributed by atoms with Crippen molar-refractivity contribution in [1.82, 2.24) is 24.2 Å². The molecule has 1 aromatic heterocycles. The van der Waals surface area contributed by atoms with Crippen molar-refractivity contribution in [3.8, 4) is 0 Å². The second kappa shape index (κ2) is 12.0. The Hall–Kier alpha value is -2.74. The normalized spacial score (nSPS) is 17.9. The lowest BCUT2D eigenvalue weighted by molar-refractivity contribution is 0.0638. The summed E-state index contributed by atoms with van der Waals surface area (Å²) in [6.07, 6.45) is 1.96. The maximum absolute atomic E-state index is 13.5. The number of aryl methyl sites for hydroxylation is 2. The number of nitrogens with zero attached hydrogens (tertiary/aromatic N) is 5. The van der Waals surface area contributed by atoms with E-state index < -0.39 is 0 Å². The van der Waals surface area contributed by atoms with Gasteiger partial charge in [-0.1, -0.05) is 12.1 Å². The van der Waals surface area contributed by atoms with E-state index in [1.54, 1.807) is 12.1 Å². The maximum Gasteiger partial charge on any atom is 0.253 e. The van der Waals surface area contributed by atoms with Crippen LogP contribution in [0.4, 0.5) is 4.39 Å². The number of carbonyl (C=O) groups excluding carboxylic acids is 1. The summed E-state index contributed by atoms with van der Waals surface area (Å²) in [7, 11) is 2.20. The molecule has 2 fully saturated rings. The second-order valence-corrected chi connectivity index (χ2v) is 11.1. The predicted octanol–water partition coefficient (Wildman–Crippen LogP) is 4.04. The zero-order valence-corrected chi connectivity index (χ0v) is 23.3. The number of rotatable bonds is 8. The molecule has 2 saturated heterocycles. The van der Waals surface area contributed by atoms with E-state index in [1.165, 1.54) is 28.2 Å². The van der Waals surface area contributed by atoms with Gasteiger partial charge in [0.2, 0.25) is 0 Å².